The van der Waals surface area contributed by atoms with E-state index >= 15 is 0 Å². The number of rotatable bonds is 1. The van der Waals surface area contributed by atoms with E-state index in [2.05, 4.69) is 13.0 Å². The van der Waals surface area contributed by atoms with E-state index in [-0.39, 0.29) is 0 Å². The molecule has 1 aromatic carbocycles. The summed E-state index contributed by atoms with van der Waals surface area (Å²) in [6.07, 6.45) is 2.71. The first-order chi connectivity index (χ1) is 9.47. The van der Waals surface area contributed by atoms with Gasteiger partial charge >= 0.3 is 0 Å². The highest BCUT2D eigenvalue weighted by Gasteiger charge is 2.23. The lowest BCUT2D eigenvalue weighted by atomic mass is 9.99. The Morgan fingerprint density at radius 2 is 1.85 bits per heavy atom. The van der Waals surface area contributed by atoms with Crippen LogP contribution in [0.3, 0.4) is 0 Å². The molecule has 0 saturated carbocycles. The zero-order valence-electron chi connectivity index (χ0n) is 11.8. The molecule has 0 saturated heterocycles. The zero-order chi connectivity index (χ0) is 14.3. The molecule has 0 spiro atoms. The first-order valence-corrected chi connectivity index (χ1v) is 8.64. The molecule has 0 atom stereocenters. The van der Waals surface area contributed by atoms with Gasteiger partial charge in [-0.05, 0) is 30.5 Å². The van der Waals surface area contributed by atoms with Crippen LogP contribution in [0.5, 0.6) is 0 Å². The van der Waals surface area contributed by atoms with Gasteiger partial charge in [-0.3, -0.25) is 4.98 Å². The second-order valence-corrected chi connectivity index (χ2v) is 7.32. The van der Waals surface area contributed by atoms with Gasteiger partial charge in [0.05, 0.1) is 11.8 Å². The number of aromatic nitrogens is 1. The molecule has 20 heavy (non-hydrogen) atoms. The highest BCUT2D eigenvalue weighted by molar-refractivity contribution is 7.88. The van der Waals surface area contributed by atoms with Gasteiger partial charge in [0.25, 0.3) is 0 Å². The van der Waals surface area contributed by atoms with E-state index in [9.17, 15) is 8.42 Å². The SMILES string of the molecule is Cc1c2c(nc3ccccc13)CCN(S(C)(=O)=O)CC2. The standard InChI is InChI=1S/C15H18N2O2S/c1-11-12-5-3-4-6-14(12)16-15-8-10-17(20(2,18)19)9-7-13(11)15/h3-6H,7-10H2,1-2H3. The van der Waals surface area contributed by atoms with Gasteiger partial charge in [0.2, 0.25) is 10.0 Å². The van der Waals surface area contributed by atoms with Crippen molar-refractivity contribution in [1.82, 2.24) is 9.29 Å². The number of hydrogen-bond donors (Lipinski definition) is 0. The smallest absolute Gasteiger partial charge is 0.211 e. The van der Waals surface area contributed by atoms with E-state index < -0.39 is 10.0 Å². The lowest BCUT2D eigenvalue weighted by Crippen LogP contribution is -2.32. The minimum Gasteiger partial charge on any atom is -0.252 e. The summed E-state index contributed by atoms with van der Waals surface area (Å²) < 4.78 is 25.0. The molecule has 0 aliphatic carbocycles. The molecule has 5 heteroatoms. The Balaban J connectivity index is 2.09. The molecule has 2 heterocycles. The second-order valence-electron chi connectivity index (χ2n) is 5.34. The molecule has 2 aromatic rings. The largest absolute Gasteiger partial charge is 0.252 e. The quantitative estimate of drug-likeness (QED) is 0.806. The third-order valence-electron chi connectivity index (χ3n) is 4.04. The Hall–Kier alpha value is -1.46. The van der Waals surface area contributed by atoms with Crippen molar-refractivity contribution in [1.29, 1.82) is 0 Å². The van der Waals surface area contributed by atoms with Gasteiger partial charge in [0.1, 0.15) is 0 Å². The highest BCUT2D eigenvalue weighted by atomic mass is 32.2. The summed E-state index contributed by atoms with van der Waals surface area (Å²) in [4.78, 5) is 4.73. The summed E-state index contributed by atoms with van der Waals surface area (Å²) in [7, 11) is -3.12. The lowest BCUT2D eigenvalue weighted by molar-refractivity contribution is 0.430. The van der Waals surface area contributed by atoms with E-state index in [1.165, 1.54) is 22.8 Å². The fourth-order valence-corrected chi connectivity index (χ4v) is 3.78. The number of para-hydroxylation sites is 1. The number of benzene rings is 1. The molecule has 1 aromatic heterocycles. The normalized spacial score (nSPS) is 16.9. The van der Waals surface area contributed by atoms with Crippen LogP contribution in [0.1, 0.15) is 16.8 Å². The van der Waals surface area contributed by atoms with Gasteiger partial charge in [0.15, 0.2) is 0 Å². The van der Waals surface area contributed by atoms with Crippen molar-refractivity contribution in [2.24, 2.45) is 0 Å². The Bertz CT molecular complexity index is 769. The number of sulfonamides is 1. The van der Waals surface area contributed by atoms with E-state index in [1.807, 2.05) is 18.2 Å². The molecular weight excluding hydrogens is 272 g/mol. The van der Waals surface area contributed by atoms with Crippen LogP contribution < -0.4 is 0 Å². The maximum absolute atomic E-state index is 11.7. The Morgan fingerprint density at radius 3 is 2.60 bits per heavy atom. The summed E-state index contributed by atoms with van der Waals surface area (Å²) in [6.45, 7) is 3.18. The first kappa shape index (κ1) is 13.5. The summed E-state index contributed by atoms with van der Waals surface area (Å²) in [6, 6.07) is 8.10. The van der Waals surface area contributed by atoms with Crippen LogP contribution in [0.25, 0.3) is 10.9 Å². The Labute approximate surface area is 119 Å². The van der Waals surface area contributed by atoms with E-state index in [4.69, 9.17) is 4.98 Å². The van der Waals surface area contributed by atoms with Gasteiger partial charge in [-0.15, -0.1) is 0 Å². The van der Waals surface area contributed by atoms with E-state index in [0.717, 1.165) is 17.6 Å². The maximum atomic E-state index is 11.7. The average molecular weight is 290 g/mol. The summed E-state index contributed by atoms with van der Waals surface area (Å²) in [5.74, 6) is 0. The monoisotopic (exact) mass is 290 g/mol. The zero-order valence-corrected chi connectivity index (χ0v) is 12.6. The minimum absolute atomic E-state index is 0.524. The molecule has 0 unspecified atom stereocenters. The van der Waals surface area contributed by atoms with Gasteiger partial charge < -0.3 is 0 Å². The summed E-state index contributed by atoms with van der Waals surface area (Å²) >= 11 is 0. The number of aryl methyl sites for hydroxylation is 1. The van der Waals surface area contributed by atoms with Crippen molar-refractivity contribution in [2.75, 3.05) is 19.3 Å². The van der Waals surface area contributed by atoms with Crippen LogP contribution in [-0.2, 0) is 22.9 Å². The van der Waals surface area contributed by atoms with Crippen LogP contribution in [-0.4, -0.2) is 37.1 Å². The Kier molecular flexibility index (Phi) is 3.26. The average Bonchev–Trinajstić information content (AvgIpc) is 2.61. The topological polar surface area (TPSA) is 50.3 Å². The van der Waals surface area contributed by atoms with Crippen LogP contribution in [0, 0.1) is 6.92 Å². The molecule has 0 fully saturated rings. The van der Waals surface area contributed by atoms with Crippen molar-refractivity contribution in [2.45, 2.75) is 19.8 Å². The first-order valence-electron chi connectivity index (χ1n) is 6.79. The summed E-state index contributed by atoms with van der Waals surface area (Å²) in [5.41, 5.74) is 4.50. The fourth-order valence-electron chi connectivity index (χ4n) is 2.93. The van der Waals surface area contributed by atoms with Crippen molar-refractivity contribution in [3.63, 3.8) is 0 Å². The number of nitrogens with zero attached hydrogens (tertiary/aromatic N) is 2. The molecule has 106 valence electrons. The van der Waals surface area contributed by atoms with Crippen LogP contribution in [0.15, 0.2) is 24.3 Å². The molecular formula is C15H18N2O2S. The van der Waals surface area contributed by atoms with Gasteiger partial charge in [-0.1, -0.05) is 18.2 Å². The van der Waals surface area contributed by atoms with E-state index in [0.29, 0.717) is 19.5 Å². The predicted octanol–water partition coefficient (Wildman–Crippen LogP) is 1.90. The van der Waals surface area contributed by atoms with E-state index in [1.54, 1.807) is 4.31 Å². The third kappa shape index (κ3) is 2.31. The molecule has 1 aliphatic rings. The van der Waals surface area contributed by atoms with Crippen LogP contribution in [0.4, 0.5) is 0 Å². The summed E-state index contributed by atoms with van der Waals surface area (Å²) in [5, 5.41) is 1.17. The second kappa shape index (κ2) is 4.82. The number of hydrogen-bond acceptors (Lipinski definition) is 3. The maximum Gasteiger partial charge on any atom is 0.211 e. The molecule has 0 radical (unpaired) electrons. The van der Waals surface area contributed by atoms with Crippen molar-refractivity contribution in [3.05, 3.63) is 41.1 Å². The minimum atomic E-state index is -3.12. The van der Waals surface area contributed by atoms with Gasteiger partial charge in [-0.25, -0.2) is 12.7 Å². The molecule has 0 N–H and O–H groups in total. The number of fused-ring (bicyclic) bond motifs is 2. The third-order valence-corrected chi connectivity index (χ3v) is 5.35. The highest BCUT2D eigenvalue weighted by Crippen LogP contribution is 2.26. The van der Waals surface area contributed by atoms with Crippen molar-refractivity contribution in [3.8, 4) is 0 Å². The van der Waals surface area contributed by atoms with Gasteiger partial charge in [-0.2, -0.15) is 0 Å². The lowest BCUT2D eigenvalue weighted by Gasteiger charge is -2.16. The molecule has 4 nitrogen and oxygen atoms in total. The van der Waals surface area contributed by atoms with Crippen molar-refractivity contribution < 1.29 is 8.42 Å². The fraction of sp³-hybridized carbons (Fsp3) is 0.400. The molecule has 3 rings (SSSR count). The Morgan fingerprint density at radius 1 is 1.15 bits per heavy atom. The van der Waals surface area contributed by atoms with Crippen molar-refractivity contribution >= 4 is 20.9 Å². The molecule has 0 bridgehead atoms. The predicted molar refractivity (Wildman–Crippen MR) is 80.3 cm³/mol. The number of pyridine rings is 1. The molecule has 0 amide bonds. The van der Waals surface area contributed by atoms with Crippen LogP contribution >= 0.6 is 0 Å². The molecule has 1 aliphatic heterocycles. The van der Waals surface area contributed by atoms with Gasteiger partial charge in [0, 0.05) is 30.6 Å². The van der Waals surface area contributed by atoms with Crippen LogP contribution in [0.2, 0.25) is 0 Å².